The molecule has 5 heteroatoms. The standard InChI is InChI=1S/C14H18N4O/c1-10-12-4-2-3-5-13(12)14(18-17-10)16-8-11-9-19-7-6-15-11/h2-5,11,15H,6-9H2,1H3,(H,16,18). The predicted octanol–water partition coefficient (Wildman–Crippen LogP) is 1.34. The number of morpholine rings is 1. The van der Waals surface area contributed by atoms with Crippen molar-refractivity contribution >= 4 is 16.6 Å². The lowest BCUT2D eigenvalue weighted by Gasteiger charge is -2.24. The smallest absolute Gasteiger partial charge is 0.156 e. The van der Waals surface area contributed by atoms with Gasteiger partial charge in [-0.1, -0.05) is 24.3 Å². The van der Waals surface area contributed by atoms with Crippen molar-refractivity contribution < 1.29 is 4.74 Å². The Hall–Kier alpha value is -1.72. The average Bonchev–Trinajstić information content (AvgIpc) is 2.48. The summed E-state index contributed by atoms with van der Waals surface area (Å²) < 4.78 is 5.44. The third kappa shape index (κ3) is 2.67. The molecule has 2 N–H and O–H groups in total. The number of ether oxygens (including phenoxy) is 1. The monoisotopic (exact) mass is 258 g/mol. The fourth-order valence-corrected chi connectivity index (χ4v) is 2.34. The predicted molar refractivity (Wildman–Crippen MR) is 75.4 cm³/mol. The summed E-state index contributed by atoms with van der Waals surface area (Å²) in [5.41, 5.74) is 0.959. The summed E-state index contributed by atoms with van der Waals surface area (Å²) >= 11 is 0. The maximum atomic E-state index is 5.44. The van der Waals surface area contributed by atoms with Crippen LogP contribution in [-0.2, 0) is 4.74 Å². The van der Waals surface area contributed by atoms with Gasteiger partial charge in [0, 0.05) is 29.9 Å². The molecule has 0 bridgehead atoms. The molecule has 5 nitrogen and oxygen atoms in total. The number of aryl methyl sites for hydroxylation is 1. The van der Waals surface area contributed by atoms with Crippen molar-refractivity contribution in [1.29, 1.82) is 0 Å². The Bertz CT molecular complexity index is 566. The van der Waals surface area contributed by atoms with Crippen molar-refractivity contribution in [3.05, 3.63) is 30.0 Å². The first-order valence-corrected chi connectivity index (χ1v) is 6.61. The van der Waals surface area contributed by atoms with Crippen molar-refractivity contribution in [3.8, 4) is 0 Å². The highest BCUT2D eigenvalue weighted by atomic mass is 16.5. The first-order valence-electron chi connectivity index (χ1n) is 6.61. The first-order chi connectivity index (χ1) is 9.34. The van der Waals surface area contributed by atoms with Crippen LogP contribution in [0.5, 0.6) is 0 Å². The van der Waals surface area contributed by atoms with Crippen molar-refractivity contribution in [3.63, 3.8) is 0 Å². The lowest BCUT2D eigenvalue weighted by molar-refractivity contribution is 0.0806. The minimum absolute atomic E-state index is 0.329. The second-order valence-corrected chi connectivity index (χ2v) is 4.79. The fraction of sp³-hybridized carbons (Fsp3) is 0.429. The van der Waals surface area contributed by atoms with Crippen LogP contribution in [0.25, 0.3) is 10.8 Å². The molecule has 3 rings (SSSR count). The Morgan fingerprint density at radius 1 is 1.32 bits per heavy atom. The van der Waals surface area contributed by atoms with Gasteiger partial charge in [0.2, 0.25) is 0 Å². The second kappa shape index (κ2) is 5.50. The van der Waals surface area contributed by atoms with Gasteiger partial charge < -0.3 is 15.4 Å². The van der Waals surface area contributed by atoms with Crippen LogP contribution in [0.4, 0.5) is 5.82 Å². The SMILES string of the molecule is Cc1nnc(NCC2COCCN2)c2ccccc12. The van der Waals surface area contributed by atoms with Gasteiger partial charge in [0.15, 0.2) is 5.82 Å². The van der Waals surface area contributed by atoms with E-state index in [-0.39, 0.29) is 0 Å². The highest BCUT2D eigenvalue weighted by molar-refractivity contribution is 5.92. The third-order valence-electron chi connectivity index (χ3n) is 3.39. The Kier molecular flexibility index (Phi) is 3.57. The Balaban J connectivity index is 1.79. The molecule has 2 aromatic rings. The summed E-state index contributed by atoms with van der Waals surface area (Å²) in [7, 11) is 0. The highest BCUT2D eigenvalue weighted by Crippen LogP contribution is 2.22. The summed E-state index contributed by atoms with van der Waals surface area (Å²) in [6.07, 6.45) is 0. The van der Waals surface area contributed by atoms with Gasteiger partial charge in [0.05, 0.1) is 18.9 Å². The summed E-state index contributed by atoms with van der Waals surface area (Å²) in [6, 6.07) is 8.53. The van der Waals surface area contributed by atoms with Crippen molar-refractivity contribution in [2.75, 3.05) is 31.6 Å². The van der Waals surface area contributed by atoms with Crippen molar-refractivity contribution in [2.24, 2.45) is 0 Å². The minimum atomic E-state index is 0.329. The van der Waals surface area contributed by atoms with Gasteiger partial charge >= 0.3 is 0 Å². The molecule has 0 amide bonds. The molecule has 2 heterocycles. The van der Waals surface area contributed by atoms with E-state index in [1.165, 1.54) is 0 Å². The Morgan fingerprint density at radius 3 is 2.95 bits per heavy atom. The zero-order valence-electron chi connectivity index (χ0n) is 11.0. The van der Waals surface area contributed by atoms with Gasteiger partial charge in [-0.15, -0.1) is 5.10 Å². The molecule has 1 unspecified atom stereocenters. The van der Waals surface area contributed by atoms with E-state index in [1.54, 1.807) is 0 Å². The maximum absolute atomic E-state index is 5.44. The van der Waals surface area contributed by atoms with E-state index in [4.69, 9.17) is 4.74 Å². The van der Waals surface area contributed by atoms with E-state index in [9.17, 15) is 0 Å². The number of hydrogen-bond donors (Lipinski definition) is 2. The molecule has 1 fully saturated rings. The zero-order chi connectivity index (χ0) is 13.1. The molecular formula is C14H18N4O. The van der Waals surface area contributed by atoms with Crippen LogP contribution in [0.15, 0.2) is 24.3 Å². The van der Waals surface area contributed by atoms with Crippen LogP contribution in [0.3, 0.4) is 0 Å². The van der Waals surface area contributed by atoms with E-state index >= 15 is 0 Å². The lowest BCUT2D eigenvalue weighted by atomic mass is 10.1. The molecule has 0 spiro atoms. The number of hydrogen-bond acceptors (Lipinski definition) is 5. The van der Waals surface area contributed by atoms with E-state index < -0.39 is 0 Å². The van der Waals surface area contributed by atoms with Crippen molar-refractivity contribution in [2.45, 2.75) is 13.0 Å². The molecular weight excluding hydrogens is 240 g/mol. The second-order valence-electron chi connectivity index (χ2n) is 4.79. The maximum Gasteiger partial charge on any atom is 0.156 e. The number of anilines is 1. The summed E-state index contributed by atoms with van der Waals surface area (Å²) in [5.74, 6) is 0.841. The van der Waals surface area contributed by atoms with Crippen LogP contribution in [0, 0.1) is 6.92 Å². The van der Waals surface area contributed by atoms with Gasteiger partial charge in [-0.3, -0.25) is 0 Å². The van der Waals surface area contributed by atoms with Gasteiger partial charge in [0.1, 0.15) is 0 Å². The van der Waals surface area contributed by atoms with E-state index in [1.807, 2.05) is 19.1 Å². The van der Waals surface area contributed by atoms with Gasteiger partial charge in [-0.25, -0.2) is 0 Å². The third-order valence-corrected chi connectivity index (χ3v) is 3.39. The molecule has 1 aromatic carbocycles. The molecule has 0 radical (unpaired) electrons. The molecule has 1 aromatic heterocycles. The Morgan fingerprint density at radius 2 is 2.16 bits per heavy atom. The van der Waals surface area contributed by atoms with Crippen LogP contribution >= 0.6 is 0 Å². The quantitative estimate of drug-likeness (QED) is 0.870. The van der Waals surface area contributed by atoms with E-state index in [0.717, 1.165) is 48.6 Å². The van der Waals surface area contributed by atoms with Crippen LogP contribution in [-0.4, -0.2) is 42.5 Å². The summed E-state index contributed by atoms with van der Waals surface area (Å²) in [4.78, 5) is 0. The number of benzene rings is 1. The number of fused-ring (bicyclic) bond motifs is 1. The lowest BCUT2D eigenvalue weighted by Crippen LogP contribution is -2.45. The van der Waals surface area contributed by atoms with Crippen LogP contribution in [0.2, 0.25) is 0 Å². The largest absolute Gasteiger partial charge is 0.378 e. The van der Waals surface area contributed by atoms with Crippen LogP contribution < -0.4 is 10.6 Å². The summed E-state index contributed by atoms with van der Waals surface area (Å²) in [5, 5.41) is 17.5. The molecule has 0 aliphatic carbocycles. The highest BCUT2D eigenvalue weighted by Gasteiger charge is 2.13. The minimum Gasteiger partial charge on any atom is -0.378 e. The molecule has 100 valence electrons. The average molecular weight is 258 g/mol. The van der Waals surface area contributed by atoms with Gasteiger partial charge in [-0.05, 0) is 6.92 Å². The van der Waals surface area contributed by atoms with Gasteiger partial charge in [0.25, 0.3) is 0 Å². The number of nitrogens with one attached hydrogen (secondary N) is 2. The van der Waals surface area contributed by atoms with Gasteiger partial charge in [-0.2, -0.15) is 5.10 Å². The number of nitrogens with zero attached hydrogens (tertiary/aromatic N) is 2. The normalized spacial score (nSPS) is 19.5. The Labute approximate surface area is 112 Å². The molecule has 1 aliphatic rings. The fourth-order valence-electron chi connectivity index (χ4n) is 2.34. The van der Waals surface area contributed by atoms with Crippen molar-refractivity contribution in [1.82, 2.24) is 15.5 Å². The van der Waals surface area contributed by atoms with E-state index in [0.29, 0.717) is 6.04 Å². The molecule has 0 saturated carbocycles. The number of rotatable bonds is 3. The molecule has 19 heavy (non-hydrogen) atoms. The zero-order valence-corrected chi connectivity index (χ0v) is 11.0. The van der Waals surface area contributed by atoms with Crippen LogP contribution in [0.1, 0.15) is 5.69 Å². The summed E-state index contributed by atoms with van der Waals surface area (Å²) in [6.45, 7) is 5.22. The topological polar surface area (TPSA) is 59.1 Å². The first kappa shape index (κ1) is 12.3. The molecule has 1 saturated heterocycles. The molecule has 1 atom stereocenters. The number of aromatic nitrogens is 2. The van der Waals surface area contributed by atoms with E-state index in [2.05, 4.69) is 33.0 Å². The molecule has 1 aliphatic heterocycles.